The molecule has 26 heavy (non-hydrogen) atoms. The van der Waals surface area contributed by atoms with Crippen molar-refractivity contribution in [1.82, 2.24) is 5.32 Å². The van der Waals surface area contributed by atoms with Crippen LogP contribution in [0.1, 0.15) is 13.8 Å². The second-order valence-electron chi connectivity index (χ2n) is 5.67. The Hall–Kier alpha value is -2.09. The van der Waals surface area contributed by atoms with Crippen LogP contribution in [0.2, 0.25) is 0 Å². The van der Waals surface area contributed by atoms with E-state index in [4.69, 9.17) is 21.3 Å². The van der Waals surface area contributed by atoms with Crippen molar-refractivity contribution < 1.29 is 43.2 Å². The molecule has 0 bridgehead atoms. The Kier molecular flexibility index (Phi) is 7.20. The number of nitrogens with one attached hydrogen (secondary N) is 1. The number of aliphatic imine (C=N–C) groups is 1. The molecule has 11 nitrogen and oxygen atoms in total. The van der Waals surface area contributed by atoms with Crippen LogP contribution in [-0.2, 0) is 19.1 Å². The summed E-state index contributed by atoms with van der Waals surface area (Å²) in [6, 6.07) is -7.17. The number of carbonyl (C=O) groups is 2. The Balaban J connectivity index is 3.42. The highest BCUT2D eigenvalue weighted by atomic mass is 19.2. The molecule has 150 valence electrons. The fourth-order valence-corrected chi connectivity index (χ4v) is 2.51. The molecule has 7 atom stereocenters. The molecule has 0 aromatic rings. The van der Waals surface area contributed by atoms with Crippen LogP contribution in [0.15, 0.2) is 4.99 Å². The van der Waals surface area contributed by atoms with E-state index in [1.54, 1.807) is 0 Å². The van der Waals surface area contributed by atoms with E-state index in [0.717, 1.165) is 13.8 Å². The molecular weight excluding hydrogens is 362 g/mol. The molecule has 0 aliphatic carbocycles. The molecule has 0 spiro atoms. The Morgan fingerprint density at radius 2 is 1.96 bits per heavy atom. The van der Waals surface area contributed by atoms with Crippen LogP contribution in [0.5, 0.6) is 0 Å². The fourth-order valence-electron chi connectivity index (χ4n) is 2.51. The predicted molar refractivity (Wildman–Crippen MR) is 81.7 cm³/mol. The summed E-state index contributed by atoms with van der Waals surface area (Å²) in [5.74, 6) is -2.68. The molecule has 13 heteroatoms. The van der Waals surface area contributed by atoms with Gasteiger partial charge in [0.05, 0.1) is 12.6 Å². The van der Waals surface area contributed by atoms with Crippen molar-refractivity contribution in [3.05, 3.63) is 0 Å². The highest BCUT2D eigenvalue weighted by Gasteiger charge is 2.61. The zero-order valence-corrected chi connectivity index (χ0v) is 14.0. The lowest BCUT2D eigenvalue weighted by Gasteiger charge is -2.46. The summed E-state index contributed by atoms with van der Waals surface area (Å²) in [7, 11) is 0. The van der Waals surface area contributed by atoms with E-state index in [1.165, 1.54) is 0 Å². The number of aliphatic hydroxyl groups is 3. The lowest BCUT2D eigenvalue weighted by Crippen LogP contribution is -2.70. The maximum atomic E-state index is 14.8. The third-order valence-corrected chi connectivity index (χ3v) is 3.52. The maximum absolute atomic E-state index is 14.8. The van der Waals surface area contributed by atoms with E-state index in [2.05, 4.69) is 15.0 Å². The van der Waals surface area contributed by atoms with Crippen LogP contribution in [-0.4, -0.2) is 82.4 Å². The van der Waals surface area contributed by atoms with Gasteiger partial charge >= 0.3 is 12.0 Å². The molecular formula is C13H22F2N4O7. The molecule has 0 radical (unpaired) electrons. The summed E-state index contributed by atoms with van der Waals surface area (Å²) in [4.78, 5) is 26.0. The van der Waals surface area contributed by atoms with Gasteiger partial charge in [-0.15, -0.1) is 0 Å². The standard InChI is InChI=1S/C13H22F2N4O7/c1-4(21)18-7-8(19-12(16)17)11(14)13(15,25-5(2)22)26-10(7)9(24)6(23)3-20/h6-11,20,23-24H,3H2,1-2H3,(H,18,21)(H4,16,17,19)/t6-,7?,8?,9-,10?,11?,13?/m1/s1. The molecule has 5 unspecified atom stereocenters. The second-order valence-corrected chi connectivity index (χ2v) is 5.67. The molecule has 1 rings (SSSR count). The SMILES string of the molecule is CC(=O)NC1C(N=C(N)N)C(F)C(F)(OC(C)=O)OC1[C@H](O)[C@H](O)CO. The predicted octanol–water partition coefficient (Wildman–Crippen LogP) is -3.23. The van der Waals surface area contributed by atoms with Gasteiger partial charge in [0.2, 0.25) is 12.1 Å². The maximum Gasteiger partial charge on any atom is 0.400 e. The third kappa shape index (κ3) is 4.97. The Morgan fingerprint density at radius 1 is 1.38 bits per heavy atom. The minimum absolute atomic E-state index is 0.684. The van der Waals surface area contributed by atoms with Crippen LogP contribution in [0.4, 0.5) is 8.78 Å². The smallest absolute Gasteiger partial charge is 0.400 e. The highest BCUT2D eigenvalue weighted by molar-refractivity contribution is 5.76. The van der Waals surface area contributed by atoms with Crippen molar-refractivity contribution in [3.8, 4) is 0 Å². The lowest BCUT2D eigenvalue weighted by molar-refractivity contribution is -0.376. The van der Waals surface area contributed by atoms with E-state index in [1.807, 2.05) is 0 Å². The number of esters is 1. The largest absolute Gasteiger partial charge is 0.402 e. The van der Waals surface area contributed by atoms with Crippen molar-refractivity contribution >= 4 is 17.8 Å². The van der Waals surface area contributed by atoms with E-state index in [9.17, 15) is 28.6 Å². The first-order chi connectivity index (χ1) is 11.9. The number of ether oxygens (including phenoxy) is 2. The molecule has 1 heterocycles. The van der Waals surface area contributed by atoms with Gasteiger partial charge in [-0.2, -0.15) is 4.39 Å². The van der Waals surface area contributed by atoms with E-state index >= 15 is 0 Å². The van der Waals surface area contributed by atoms with E-state index < -0.39 is 67.1 Å². The Bertz CT molecular complexity index is 563. The minimum Gasteiger partial charge on any atom is -0.402 e. The first-order valence-electron chi connectivity index (χ1n) is 7.46. The van der Waals surface area contributed by atoms with Gasteiger partial charge in [-0.1, -0.05) is 0 Å². The summed E-state index contributed by atoms with van der Waals surface area (Å²) < 4.78 is 38.5. The van der Waals surface area contributed by atoms with Gasteiger partial charge in [0, 0.05) is 13.8 Å². The number of nitrogens with two attached hydrogens (primary N) is 2. The third-order valence-electron chi connectivity index (χ3n) is 3.52. The van der Waals surface area contributed by atoms with Crippen LogP contribution >= 0.6 is 0 Å². The number of aliphatic hydroxyl groups excluding tert-OH is 3. The summed E-state index contributed by atoms with van der Waals surface area (Å²) in [6.45, 7) is 0.850. The average molecular weight is 384 g/mol. The topological polar surface area (TPSA) is 190 Å². The molecule has 1 amide bonds. The van der Waals surface area contributed by atoms with Crippen molar-refractivity contribution in [1.29, 1.82) is 0 Å². The van der Waals surface area contributed by atoms with E-state index in [0.29, 0.717) is 0 Å². The summed E-state index contributed by atoms with van der Waals surface area (Å²) in [5.41, 5.74) is 10.4. The Morgan fingerprint density at radius 3 is 2.38 bits per heavy atom. The number of guanidine groups is 1. The molecule has 1 fully saturated rings. The van der Waals surface area contributed by atoms with Gasteiger partial charge in [0.25, 0.3) is 0 Å². The number of rotatable bonds is 6. The summed E-state index contributed by atoms with van der Waals surface area (Å²) >= 11 is 0. The van der Waals surface area contributed by atoms with Gasteiger partial charge in [0.15, 0.2) is 5.96 Å². The molecule has 1 saturated heterocycles. The highest BCUT2D eigenvalue weighted by Crippen LogP contribution is 2.38. The molecule has 1 aliphatic rings. The molecule has 0 aromatic carbocycles. The monoisotopic (exact) mass is 384 g/mol. The quantitative estimate of drug-likeness (QED) is 0.155. The number of carbonyl (C=O) groups excluding carboxylic acids is 2. The molecule has 1 aliphatic heterocycles. The van der Waals surface area contributed by atoms with Gasteiger partial charge in [-0.05, 0) is 0 Å². The minimum atomic E-state index is -3.72. The first-order valence-corrected chi connectivity index (χ1v) is 7.46. The Labute approximate surface area is 147 Å². The van der Waals surface area contributed by atoms with Crippen molar-refractivity contribution in [2.45, 2.75) is 56.5 Å². The normalized spacial score (nSPS) is 33.7. The summed E-state index contributed by atoms with van der Waals surface area (Å²) in [5, 5.41) is 30.9. The van der Waals surface area contributed by atoms with Crippen molar-refractivity contribution in [2.75, 3.05) is 6.61 Å². The first kappa shape index (κ1) is 22.0. The van der Waals surface area contributed by atoms with Gasteiger partial charge in [-0.25, -0.2) is 9.38 Å². The van der Waals surface area contributed by atoms with Gasteiger partial charge in [0.1, 0.15) is 24.4 Å². The lowest BCUT2D eigenvalue weighted by atomic mass is 9.89. The molecule has 0 saturated carbocycles. The zero-order valence-electron chi connectivity index (χ0n) is 14.0. The van der Waals surface area contributed by atoms with Crippen molar-refractivity contribution in [2.24, 2.45) is 16.5 Å². The number of amides is 1. The van der Waals surface area contributed by atoms with Gasteiger partial charge < -0.3 is 41.6 Å². The number of hydrogen-bond acceptors (Lipinski definition) is 8. The second kappa shape index (κ2) is 8.53. The zero-order chi connectivity index (χ0) is 20.2. The van der Waals surface area contributed by atoms with Crippen molar-refractivity contribution in [3.63, 3.8) is 0 Å². The number of alkyl halides is 2. The number of hydrogen-bond donors (Lipinski definition) is 6. The van der Waals surface area contributed by atoms with Crippen LogP contribution in [0, 0.1) is 0 Å². The molecule has 0 aromatic heterocycles. The average Bonchev–Trinajstić information content (AvgIpc) is 2.51. The number of nitrogens with zero attached hydrogens (tertiary/aromatic N) is 1. The van der Waals surface area contributed by atoms with Gasteiger partial charge in [-0.3, -0.25) is 9.59 Å². The van der Waals surface area contributed by atoms with Crippen LogP contribution in [0.25, 0.3) is 0 Å². The van der Waals surface area contributed by atoms with Crippen LogP contribution in [0.3, 0.4) is 0 Å². The van der Waals surface area contributed by atoms with E-state index in [-0.39, 0.29) is 0 Å². The fraction of sp³-hybridized carbons (Fsp3) is 0.769. The number of halogens is 2. The van der Waals surface area contributed by atoms with Crippen LogP contribution < -0.4 is 16.8 Å². The molecule has 8 N–H and O–H groups in total. The summed E-state index contributed by atoms with van der Waals surface area (Å²) in [6.07, 6.45) is -8.55.